The molecule has 0 radical (unpaired) electrons. The Morgan fingerprint density at radius 2 is 2.18 bits per heavy atom. The number of hydrogen-bond acceptors (Lipinski definition) is 4. The van der Waals surface area contributed by atoms with Crippen LogP contribution in [0, 0.1) is 0 Å². The lowest BCUT2D eigenvalue weighted by molar-refractivity contribution is -0.134. The first-order chi connectivity index (χ1) is 8.08. The average molecular weight is 234 g/mol. The number of nitrogens with zero attached hydrogens (tertiary/aromatic N) is 1. The minimum absolute atomic E-state index is 0.0685. The number of aromatic nitrogens is 1. The van der Waals surface area contributed by atoms with Gasteiger partial charge in [-0.3, -0.25) is 14.9 Å². The van der Waals surface area contributed by atoms with Crippen molar-refractivity contribution < 1.29 is 19.5 Å². The molecule has 1 saturated heterocycles. The zero-order valence-electron chi connectivity index (χ0n) is 8.84. The zero-order chi connectivity index (χ0) is 12.4. The summed E-state index contributed by atoms with van der Waals surface area (Å²) in [7, 11) is 0. The standard InChI is InChI=1S/C11H10N2O4/c14-9-4-2-7(10(15)13-9)6-1-3-8(11(16)17)12-5-6/h1,3,5,7H,2,4H2,(H,16,17)(H,13,14,15). The van der Waals surface area contributed by atoms with Crippen LogP contribution >= 0.6 is 0 Å². The number of imide groups is 1. The first-order valence-electron chi connectivity index (χ1n) is 5.11. The van der Waals surface area contributed by atoms with E-state index in [9.17, 15) is 14.4 Å². The van der Waals surface area contributed by atoms with E-state index in [0.29, 0.717) is 12.0 Å². The molecule has 1 aliphatic heterocycles. The van der Waals surface area contributed by atoms with Crippen molar-refractivity contribution in [2.24, 2.45) is 0 Å². The lowest BCUT2D eigenvalue weighted by Gasteiger charge is -2.20. The number of amides is 2. The molecule has 0 aromatic carbocycles. The monoisotopic (exact) mass is 234 g/mol. The van der Waals surface area contributed by atoms with Crippen molar-refractivity contribution in [2.75, 3.05) is 0 Å². The van der Waals surface area contributed by atoms with Gasteiger partial charge in [-0.25, -0.2) is 9.78 Å². The van der Waals surface area contributed by atoms with E-state index in [1.54, 1.807) is 6.07 Å². The maximum Gasteiger partial charge on any atom is 0.354 e. The van der Waals surface area contributed by atoms with Crippen LogP contribution in [0.3, 0.4) is 0 Å². The fourth-order valence-electron chi connectivity index (χ4n) is 1.75. The normalized spacial score (nSPS) is 19.9. The van der Waals surface area contributed by atoms with Gasteiger partial charge in [-0.05, 0) is 18.1 Å². The Morgan fingerprint density at radius 1 is 1.41 bits per heavy atom. The molecule has 2 amide bonds. The fourth-order valence-corrected chi connectivity index (χ4v) is 1.75. The van der Waals surface area contributed by atoms with Gasteiger partial charge in [0.25, 0.3) is 0 Å². The summed E-state index contributed by atoms with van der Waals surface area (Å²) in [5.41, 5.74) is 0.557. The molecule has 1 unspecified atom stereocenters. The number of aromatic carboxylic acids is 1. The topological polar surface area (TPSA) is 96.4 Å². The predicted octanol–water partition coefficient (Wildman–Crippen LogP) is 0.300. The zero-order valence-corrected chi connectivity index (χ0v) is 8.84. The van der Waals surface area contributed by atoms with Gasteiger partial charge in [0.05, 0.1) is 5.92 Å². The lowest BCUT2D eigenvalue weighted by Crippen LogP contribution is -2.39. The Labute approximate surface area is 96.7 Å². The van der Waals surface area contributed by atoms with E-state index in [1.165, 1.54) is 12.3 Å². The van der Waals surface area contributed by atoms with Crippen LogP contribution in [-0.4, -0.2) is 27.9 Å². The first-order valence-corrected chi connectivity index (χ1v) is 5.11. The third kappa shape index (κ3) is 2.30. The molecule has 1 atom stereocenters. The van der Waals surface area contributed by atoms with Crippen LogP contribution in [0.4, 0.5) is 0 Å². The predicted molar refractivity (Wildman–Crippen MR) is 56.3 cm³/mol. The summed E-state index contributed by atoms with van der Waals surface area (Å²) in [6.45, 7) is 0. The number of piperidine rings is 1. The summed E-state index contributed by atoms with van der Waals surface area (Å²) in [6.07, 6.45) is 2.08. The van der Waals surface area contributed by atoms with E-state index in [-0.39, 0.29) is 23.9 Å². The largest absolute Gasteiger partial charge is 0.477 e. The van der Waals surface area contributed by atoms with Gasteiger partial charge >= 0.3 is 5.97 Å². The molecule has 17 heavy (non-hydrogen) atoms. The first kappa shape index (κ1) is 11.3. The molecule has 1 aliphatic rings. The summed E-state index contributed by atoms with van der Waals surface area (Å²) < 4.78 is 0. The minimum atomic E-state index is -1.11. The fraction of sp³-hybridized carbons (Fsp3) is 0.273. The quantitative estimate of drug-likeness (QED) is 0.717. The van der Waals surface area contributed by atoms with Gasteiger partial charge in [0.2, 0.25) is 11.8 Å². The lowest BCUT2D eigenvalue weighted by atomic mass is 9.91. The van der Waals surface area contributed by atoms with Gasteiger partial charge in [0, 0.05) is 12.6 Å². The summed E-state index contributed by atoms with van der Waals surface area (Å²) in [4.78, 5) is 36.9. The van der Waals surface area contributed by atoms with Crippen LogP contribution in [0.15, 0.2) is 18.3 Å². The molecule has 6 heteroatoms. The number of carboxylic acids is 1. The third-order valence-electron chi connectivity index (χ3n) is 2.65. The summed E-state index contributed by atoms with van der Waals surface area (Å²) in [5, 5.41) is 10.9. The number of pyridine rings is 1. The molecule has 0 aliphatic carbocycles. The molecule has 2 N–H and O–H groups in total. The average Bonchev–Trinajstić information content (AvgIpc) is 2.29. The van der Waals surface area contributed by atoms with E-state index >= 15 is 0 Å². The summed E-state index contributed by atoms with van der Waals surface area (Å²) in [6, 6.07) is 2.90. The van der Waals surface area contributed by atoms with Crippen LogP contribution in [0.25, 0.3) is 0 Å². The van der Waals surface area contributed by atoms with E-state index < -0.39 is 11.9 Å². The summed E-state index contributed by atoms with van der Waals surface area (Å²) in [5.74, 6) is -2.17. The number of nitrogens with one attached hydrogen (secondary N) is 1. The van der Waals surface area contributed by atoms with Gasteiger partial charge in [-0.1, -0.05) is 6.07 Å². The maximum absolute atomic E-state index is 11.5. The van der Waals surface area contributed by atoms with Crippen molar-refractivity contribution in [3.05, 3.63) is 29.6 Å². The van der Waals surface area contributed by atoms with Crippen LogP contribution in [-0.2, 0) is 9.59 Å². The molecule has 0 saturated carbocycles. The molecular weight excluding hydrogens is 224 g/mol. The van der Waals surface area contributed by atoms with E-state index in [0.717, 1.165) is 0 Å². The molecule has 0 spiro atoms. The van der Waals surface area contributed by atoms with Crippen molar-refractivity contribution in [1.29, 1.82) is 0 Å². The smallest absolute Gasteiger partial charge is 0.354 e. The molecule has 1 aromatic heterocycles. The van der Waals surface area contributed by atoms with E-state index in [4.69, 9.17) is 5.11 Å². The Balaban J connectivity index is 2.20. The van der Waals surface area contributed by atoms with Crippen molar-refractivity contribution in [3.63, 3.8) is 0 Å². The molecule has 0 bridgehead atoms. The van der Waals surface area contributed by atoms with Gasteiger partial charge in [-0.2, -0.15) is 0 Å². The number of rotatable bonds is 2. The Hall–Kier alpha value is -2.24. The number of hydrogen-bond donors (Lipinski definition) is 2. The third-order valence-corrected chi connectivity index (χ3v) is 2.65. The second-order valence-electron chi connectivity index (χ2n) is 3.79. The van der Waals surface area contributed by atoms with Crippen LogP contribution < -0.4 is 5.32 Å². The maximum atomic E-state index is 11.5. The van der Waals surface area contributed by atoms with Gasteiger partial charge in [-0.15, -0.1) is 0 Å². The van der Waals surface area contributed by atoms with Crippen molar-refractivity contribution in [1.82, 2.24) is 10.3 Å². The van der Waals surface area contributed by atoms with E-state index in [2.05, 4.69) is 10.3 Å². The minimum Gasteiger partial charge on any atom is -0.477 e. The van der Waals surface area contributed by atoms with Crippen molar-refractivity contribution >= 4 is 17.8 Å². The molecule has 1 fully saturated rings. The van der Waals surface area contributed by atoms with Gasteiger partial charge in [0.15, 0.2) is 0 Å². The highest BCUT2D eigenvalue weighted by Gasteiger charge is 2.28. The molecule has 2 heterocycles. The van der Waals surface area contributed by atoms with Crippen LogP contribution in [0.5, 0.6) is 0 Å². The Kier molecular flexibility index (Phi) is 2.86. The van der Waals surface area contributed by atoms with Crippen molar-refractivity contribution in [3.8, 4) is 0 Å². The molecule has 1 aromatic rings. The molecule has 2 rings (SSSR count). The molecule has 88 valence electrons. The van der Waals surface area contributed by atoms with Crippen LogP contribution in [0.1, 0.15) is 34.8 Å². The SMILES string of the molecule is O=C1CCC(c2ccc(C(=O)O)nc2)C(=O)N1. The second kappa shape index (κ2) is 4.32. The van der Waals surface area contributed by atoms with E-state index in [1.807, 2.05) is 0 Å². The highest BCUT2D eigenvalue weighted by molar-refractivity contribution is 6.00. The Morgan fingerprint density at radius 3 is 2.71 bits per heavy atom. The van der Waals surface area contributed by atoms with Crippen LogP contribution in [0.2, 0.25) is 0 Å². The summed E-state index contributed by atoms with van der Waals surface area (Å²) >= 11 is 0. The van der Waals surface area contributed by atoms with Gasteiger partial charge < -0.3 is 5.11 Å². The van der Waals surface area contributed by atoms with Crippen molar-refractivity contribution in [2.45, 2.75) is 18.8 Å². The number of carbonyl (C=O) groups excluding carboxylic acids is 2. The molecule has 6 nitrogen and oxygen atoms in total. The highest BCUT2D eigenvalue weighted by Crippen LogP contribution is 2.23. The molecular formula is C11H10N2O4. The number of carbonyl (C=O) groups is 3. The second-order valence-corrected chi connectivity index (χ2v) is 3.79. The number of carboxylic acid groups (broad SMARTS) is 1. The van der Waals surface area contributed by atoms with Gasteiger partial charge in [0.1, 0.15) is 5.69 Å². The highest BCUT2D eigenvalue weighted by atomic mass is 16.4. The Bertz CT molecular complexity index is 481.